The highest BCUT2D eigenvalue weighted by atomic mass is 16.5. The highest BCUT2D eigenvalue weighted by Crippen LogP contribution is 2.39. The molecule has 0 saturated carbocycles. The number of carbonyl (C=O) groups excluding carboxylic acids is 1. The number of amides is 1. The number of benzene rings is 3. The Kier molecular flexibility index (Phi) is 6.24. The Labute approximate surface area is 197 Å². The molecule has 0 aliphatic carbocycles. The van der Waals surface area contributed by atoms with E-state index in [0.717, 1.165) is 47.9 Å². The molecule has 2 heterocycles. The van der Waals surface area contributed by atoms with Crippen molar-refractivity contribution in [3.8, 4) is 11.6 Å². The van der Waals surface area contributed by atoms with E-state index in [9.17, 15) is 9.90 Å². The summed E-state index contributed by atoms with van der Waals surface area (Å²) in [4.78, 5) is 17.0. The summed E-state index contributed by atoms with van der Waals surface area (Å²) >= 11 is 0. The molecule has 0 unspecified atom stereocenters. The maximum Gasteiger partial charge on any atom is 0.302 e. The fourth-order valence-corrected chi connectivity index (χ4v) is 4.30. The standard InChI is InChI=1S/C26H27N5O3/c1-29-13-15-30(16-14-29)18-31-22-11-5-4-10-21(22)25(26(31)33)28-27-24(32)17-34-23-12-6-8-19-7-2-3-9-20(19)23/h2-12,33H,13-18H2,1H3. The molecule has 174 valence electrons. The van der Waals surface area contributed by atoms with Gasteiger partial charge in [-0.3, -0.25) is 14.3 Å². The van der Waals surface area contributed by atoms with Gasteiger partial charge < -0.3 is 14.7 Å². The van der Waals surface area contributed by atoms with Crippen molar-refractivity contribution in [1.29, 1.82) is 0 Å². The average molecular weight is 458 g/mol. The van der Waals surface area contributed by atoms with Gasteiger partial charge in [0.2, 0.25) is 5.88 Å². The Bertz CT molecular complexity index is 1350. The molecule has 34 heavy (non-hydrogen) atoms. The molecule has 0 spiro atoms. The molecule has 0 radical (unpaired) electrons. The summed E-state index contributed by atoms with van der Waals surface area (Å²) < 4.78 is 7.55. The van der Waals surface area contributed by atoms with Crippen LogP contribution in [0.3, 0.4) is 0 Å². The first-order valence-electron chi connectivity index (χ1n) is 11.4. The molecule has 1 fully saturated rings. The van der Waals surface area contributed by atoms with Crippen molar-refractivity contribution in [3.05, 3.63) is 66.7 Å². The topological polar surface area (TPSA) is 82.7 Å². The summed E-state index contributed by atoms with van der Waals surface area (Å²) in [6.45, 7) is 4.12. The lowest BCUT2D eigenvalue weighted by molar-refractivity contribution is -0.120. The highest BCUT2D eigenvalue weighted by molar-refractivity contribution is 5.95. The number of azo groups is 1. The average Bonchev–Trinajstić information content (AvgIpc) is 3.13. The van der Waals surface area contributed by atoms with Crippen molar-refractivity contribution in [2.45, 2.75) is 6.67 Å². The fraction of sp³-hybridized carbons (Fsp3) is 0.269. The molecule has 0 atom stereocenters. The molecule has 1 saturated heterocycles. The number of carbonyl (C=O) groups is 1. The number of hydrogen-bond acceptors (Lipinski definition) is 6. The number of aromatic nitrogens is 1. The second kappa shape index (κ2) is 9.62. The van der Waals surface area contributed by atoms with E-state index in [4.69, 9.17) is 4.74 Å². The van der Waals surface area contributed by atoms with Gasteiger partial charge in [-0.05, 0) is 24.6 Å². The van der Waals surface area contributed by atoms with Gasteiger partial charge >= 0.3 is 5.91 Å². The second-order valence-corrected chi connectivity index (χ2v) is 8.54. The first-order chi connectivity index (χ1) is 16.6. The predicted octanol–water partition coefficient (Wildman–Crippen LogP) is 4.39. The molecule has 1 aliphatic heterocycles. The van der Waals surface area contributed by atoms with Crippen molar-refractivity contribution in [1.82, 2.24) is 14.4 Å². The zero-order valence-corrected chi connectivity index (χ0v) is 19.1. The first-order valence-corrected chi connectivity index (χ1v) is 11.4. The summed E-state index contributed by atoms with van der Waals surface area (Å²) in [5, 5.41) is 21.6. The Balaban J connectivity index is 1.33. The zero-order valence-electron chi connectivity index (χ0n) is 19.1. The Morgan fingerprint density at radius 3 is 2.47 bits per heavy atom. The number of hydrogen-bond donors (Lipinski definition) is 1. The number of ether oxygens (including phenoxy) is 1. The Hall–Kier alpha value is -3.75. The van der Waals surface area contributed by atoms with Crippen molar-refractivity contribution < 1.29 is 14.6 Å². The van der Waals surface area contributed by atoms with Crippen LogP contribution in [0.1, 0.15) is 0 Å². The summed E-state index contributed by atoms with van der Waals surface area (Å²) in [6.07, 6.45) is 0. The number of aromatic hydroxyl groups is 1. The van der Waals surface area contributed by atoms with Crippen molar-refractivity contribution in [2.24, 2.45) is 10.2 Å². The molecule has 1 amide bonds. The van der Waals surface area contributed by atoms with Crippen LogP contribution in [0.4, 0.5) is 5.69 Å². The fourth-order valence-electron chi connectivity index (χ4n) is 4.30. The minimum atomic E-state index is -0.525. The Morgan fingerprint density at radius 1 is 0.941 bits per heavy atom. The quantitative estimate of drug-likeness (QED) is 0.434. The molecule has 1 N–H and O–H groups in total. The number of likely N-dealkylation sites (N-methyl/N-ethyl adjacent to an activating group) is 1. The maximum absolute atomic E-state index is 12.4. The van der Waals surface area contributed by atoms with Gasteiger partial charge in [-0.1, -0.05) is 54.6 Å². The van der Waals surface area contributed by atoms with Gasteiger partial charge in [-0.25, -0.2) is 0 Å². The van der Waals surface area contributed by atoms with E-state index in [1.165, 1.54) is 0 Å². The predicted molar refractivity (Wildman–Crippen MR) is 132 cm³/mol. The van der Waals surface area contributed by atoms with E-state index in [1.807, 2.05) is 71.3 Å². The van der Waals surface area contributed by atoms with Gasteiger partial charge in [-0.15, -0.1) is 10.2 Å². The molecule has 1 aliphatic rings. The minimum absolute atomic E-state index is 0.00616. The van der Waals surface area contributed by atoms with Crippen LogP contribution in [0, 0.1) is 0 Å². The van der Waals surface area contributed by atoms with E-state index in [0.29, 0.717) is 18.1 Å². The third-order valence-electron chi connectivity index (χ3n) is 6.22. The molecular formula is C26H27N5O3. The SMILES string of the molecule is CN1CCN(Cn2c(O)c(N=NC(=O)COc3cccc4ccccc34)c3ccccc32)CC1. The molecule has 3 aromatic carbocycles. The summed E-state index contributed by atoms with van der Waals surface area (Å²) in [5.41, 5.74) is 1.15. The Morgan fingerprint density at radius 2 is 1.65 bits per heavy atom. The summed E-state index contributed by atoms with van der Waals surface area (Å²) in [6, 6.07) is 21.1. The number of rotatable bonds is 6. The van der Waals surface area contributed by atoms with Crippen molar-refractivity contribution in [2.75, 3.05) is 39.8 Å². The van der Waals surface area contributed by atoms with Crippen LogP contribution >= 0.6 is 0 Å². The summed E-state index contributed by atoms with van der Waals surface area (Å²) in [5.74, 6) is 0.100. The normalized spacial score (nSPS) is 15.4. The molecule has 8 heteroatoms. The van der Waals surface area contributed by atoms with Crippen LogP contribution in [0.25, 0.3) is 21.7 Å². The van der Waals surface area contributed by atoms with E-state index in [-0.39, 0.29) is 12.5 Å². The van der Waals surface area contributed by atoms with Crippen LogP contribution in [0.2, 0.25) is 0 Å². The zero-order chi connectivity index (χ0) is 23.5. The van der Waals surface area contributed by atoms with Gasteiger partial charge in [0.05, 0.1) is 12.2 Å². The lowest BCUT2D eigenvalue weighted by atomic mass is 10.1. The maximum atomic E-state index is 12.4. The molecular weight excluding hydrogens is 430 g/mol. The lowest BCUT2D eigenvalue weighted by Gasteiger charge is -2.32. The van der Waals surface area contributed by atoms with Gasteiger partial charge in [0.15, 0.2) is 12.3 Å². The number of piperazine rings is 1. The molecule has 1 aromatic heterocycles. The molecule has 4 aromatic rings. The third-order valence-corrected chi connectivity index (χ3v) is 6.22. The second-order valence-electron chi connectivity index (χ2n) is 8.54. The van der Waals surface area contributed by atoms with Gasteiger partial charge in [0, 0.05) is 37.0 Å². The summed E-state index contributed by atoms with van der Waals surface area (Å²) in [7, 11) is 2.11. The van der Waals surface area contributed by atoms with Crippen LogP contribution in [0.5, 0.6) is 11.6 Å². The largest absolute Gasteiger partial charge is 0.493 e. The van der Waals surface area contributed by atoms with Crippen molar-refractivity contribution in [3.63, 3.8) is 0 Å². The number of para-hydroxylation sites is 1. The smallest absolute Gasteiger partial charge is 0.302 e. The minimum Gasteiger partial charge on any atom is -0.493 e. The van der Waals surface area contributed by atoms with E-state index in [2.05, 4.69) is 27.1 Å². The van der Waals surface area contributed by atoms with Gasteiger partial charge in [0.25, 0.3) is 0 Å². The molecule has 0 bridgehead atoms. The number of fused-ring (bicyclic) bond motifs is 2. The van der Waals surface area contributed by atoms with Gasteiger partial charge in [-0.2, -0.15) is 0 Å². The van der Waals surface area contributed by atoms with Crippen LogP contribution in [0.15, 0.2) is 77.0 Å². The molecule has 5 rings (SSSR count). The van der Waals surface area contributed by atoms with E-state index < -0.39 is 5.91 Å². The van der Waals surface area contributed by atoms with Crippen LogP contribution in [-0.2, 0) is 11.5 Å². The van der Waals surface area contributed by atoms with Crippen LogP contribution < -0.4 is 4.74 Å². The van der Waals surface area contributed by atoms with E-state index >= 15 is 0 Å². The highest BCUT2D eigenvalue weighted by Gasteiger charge is 2.20. The number of nitrogens with zero attached hydrogens (tertiary/aromatic N) is 5. The monoisotopic (exact) mass is 457 g/mol. The first kappa shape index (κ1) is 22.1. The third kappa shape index (κ3) is 4.50. The van der Waals surface area contributed by atoms with E-state index in [1.54, 1.807) is 0 Å². The van der Waals surface area contributed by atoms with Gasteiger partial charge in [0.1, 0.15) is 5.75 Å². The van der Waals surface area contributed by atoms with Crippen molar-refractivity contribution >= 4 is 33.3 Å². The lowest BCUT2D eigenvalue weighted by Crippen LogP contribution is -2.44. The molecule has 8 nitrogen and oxygen atoms in total. The van der Waals surface area contributed by atoms with Crippen LogP contribution in [-0.4, -0.2) is 65.2 Å².